The molecule has 0 radical (unpaired) electrons. The van der Waals surface area contributed by atoms with Crippen molar-refractivity contribution in [2.75, 3.05) is 7.11 Å². The van der Waals surface area contributed by atoms with Crippen molar-refractivity contribution < 1.29 is 19.1 Å². The lowest BCUT2D eigenvalue weighted by atomic mass is 10.0. The first-order valence-corrected chi connectivity index (χ1v) is 8.99. The van der Waals surface area contributed by atoms with Gasteiger partial charge in [-0.15, -0.1) is 0 Å². The van der Waals surface area contributed by atoms with Gasteiger partial charge in [0.2, 0.25) is 11.8 Å². The van der Waals surface area contributed by atoms with Gasteiger partial charge in [-0.2, -0.15) is 0 Å². The Labute approximate surface area is 163 Å². The van der Waals surface area contributed by atoms with Gasteiger partial charge in [0.05, 0.1) is 7.11 Å². The summed E-state index contributed by atoms with van der Waals surface area (Å²) in [6.45, 7) is 5.20. The average molecular weight is 403 g/mol. The molecule has 2 amide bonds. The lowest BCUT2D eigenvalue weighted by Gasteiger charge is -2.23. The van der Waals surface area contributed by atoms with E-state index >= 15 is 0 Å². The standard InChI is InChI=1S/C18H24Cl2N2O4/c1-10(2)8-15(21-11(3)23)17(24)22-16(18(25)26-4)9-12-13(19)6-5-7-14(12)20/h5-7,10,15-16H,8-9H2,1-4H3,(H,21,23)(H,22,24)/t15-,16-/m0/s1. The topological polar surface area (TPSA) is 84.5 Å². The summed E-state index contributed by atoms with van der Waals surface area (Å²) in [5.41, 5.74) is 0.534. The smallest absolute Gasteiger partial charge is 0.328 e. The molecule has 0 heterocycles. The molecule has 144 valence electrons. The number of benzene rings is 1. The lowest BCUT2D eigenvalue weighted by Crippen LogP contribution is -2.52. The van der Waals surface area contributed by atoms with Crippen LogP contribution in [0.2, 0.25) is 10.0 Å². The first kappa shape index (κ1) is 22.3. The van der Waals surface area contributed by atoms with Crippen molar-refractivity contribution in [3.05, 3.63) is 33.8 Å². The molecule has 1 aromatic carbocycles. The van der Waals surface area contributed by atoms with Crippen molar-refractivity contribution >= 4 is 41.0 Å². The summed E-state index contributed by atoms with van der Waals surface area (Å²) in [6.07, 6.45) is 0.511. The Balaban J connectivity index is 3.00. The molecule has 1 rings (SSSR count). The normalized spacial score (nSPS) is 13.0. The van der Waals surface area contributed by atoms with Crippen LogP contribution in [0.5, 0.6) is 0 Å². The molecule has 8 heteroatoms. The Morgan fingerprint density at radius 1 is 1.08 bits per heavy atom. The Bertz CT molecular complexity index is 644. The maximum Gasteiger partial charge on any atom is 0.328 e. The van der Waals surface area contributed by atoms with E-state index in [2.05, 4.69) is 10.6 Å². The summed E-state index contributed by atoms with van der Waals surface area (Å²) < 4.78 is 4.78. The van der Waals surface area contributed by atoms with Crippen molar-refractivity contribution in [2.24, 2.45) is 5.92 Å². The van der Waals surface area contributed by atoms with Crippen molar-refractivity contribution in [3.8, 4) is 0 Å². The third kappa shape index (κ3) is 6.84. The molecular formula is C18H24Cl2N2O4. The number of methoxy groups -OCH3 is 1. The van der Waals surface area contributed by atoms with Gasteiger partial charge in [0, 0.05) is 23.4 Å². The molecule has 0 aliphatic rings. The number of nitrogens with one attached hydrogen (secondary N) is 2. The van der Waals surface area contributed by atoms with E-state index in [0.717, 1.165) is 0 Å². The number of carbonyl (C=O) groups is 3. The molecule has 0 bridgehead atoms. The number of rotatable bonds is 8. The Kier molecular flexibility index (Phi) is 8.88. The molecule has 0 saturated carbocycles. The molecule has 0 aromatic heterocycles. The predicted molar refractivity (Wildman–Crippen MR) is 101 cm³/mol. The Morgan fingerprint density at radius 2 is 1.65 bits per heavy atom. The minimum Gasteiger partial charge on any atom is -0.467 e. The molecule has 1 aromatic rings. The fraction of sp³-hybridized carbons (Fsp3) is 0.500. The zero-order chi connectivity index (χ0) is 19.9. The summed E-state index contributed by atoms with van der Waals surface area (Å²) in [7, 11) is 1.23. The van der Waals surface area contributed by atoms with Gasteiger partial charge < -0.3 is 15.4 Å². The van der Waals surface area contributed by atoms with Crippen LogP contribution >= 0.6 is 23.2 Å². The van der Waals surface area contributed by atoms with Crippen LogP contribution in [0.1, 0.15) is 32.8 Å². The average Bonchev–Trinajstić information content (AvgIpc) is 2.54. The first-order chi connectivity index (χ1) is 12.1. The minimum absolute atomic E-state index is 0.0748. The summed E-state index contributed by atoms with van der Waals surface area (Å²) in [5.74, 6) is -1.24. The number of carbonyl (C=O) groups excluding carboxylic acids is 3. The van der Waals surface area contributed by atoms with E-state index in [1.54, 1.807) is 18.2 Å². The Hall–Kier alpha value is -1.79. The molecule has 0 aliphatic heterocycles. The van der Waals surface area contributed by atoms with Crippen molar-refractivity contribution in [1.29, 1.82) is 0 Å². The highest BCUT2D eigenvalue weighted by molar-refractivity contribution is 6.36. The Morgan fingerprint density at radius 3 is 2.12 bits per heavy atom. The quantitative estimate of drug-likeness (QED) is 0.654. The molecule has 0 fully saturated rings. The second kappa shape index (κ2) is 10.4. The summed E-state index contributed by atoms with van der Waals surface area (Å²) in [6, 6.07) is 3.26. The second-order valence-corrected chi connectivity index (χ2v) is 7.19. The van der Waals surface area contributed by atoms with Crippen LogP contribution in [0.15, 0.2) is 18.2 Å². The van der Waals surface area contributed by atoms with Gasteiger partial charge in [-0.25, -0.2) is 4.79 Å². The number of halogens is 2. The van der Waals surface area contributed by atoms with Crippen LogP contribution in [-0.2, 0) is 25.5 Å². The number of hydrogen-bond donors (Lipinski definition) is 2. The van der Waals surface area contributed by atoms with E-state index in [-0.39, 0.29) is 18.2 Å². The largest absolute Gasteiger partial charge is 0.467 e. The molecular weight excluding hydrogens is 379 g/mol. The van der Waals surface area contributed by atoms with E-state index in [1.165, 1.54) is 14.0 Å². The summed E-state index contributed by atoms with van der Waals surface area (Å²) in [4.78, 5) is 36.1. The van der Waals surface area contributed by atoms with E-state index in [1.807, 2.05) is 13.8 Å². The highest BCUT2D eigenvalue weighted by atomic mass is 35.5. The van der Waals surface area contributed by atoms with E-state index < -0.39 is 24.0 Å². The molecule has 0 aliphatic carbocycles. The number of hydrogen-bond acceptors (Lipinski definition) is 4. The summed E-state index contributed by atoms with van der Waals surface area (Å²) >= 11 is 12.3. The number of esters is 1. The molecule has 0 spiro atoms. The van der Waals surface area contributed by atoms with Gasteiger partial charge in [0.25, 0.3) is 0 Å². The van der Waals surface area contributed by atoms with Gasteiger partial charge >= 0.3 is 5.97 Å². The van der Waals surface area contributed by atoms with Gasteiger partial charge in [0.1, 0.15) is 12.1 Å². The molecule has 2 atom stereocenters. The zero-order valence-corrected chi connectivity index (χ0v) is 16.8. The zero-order valence-electron chi connectivity index (χ0n) is 15.3. The number of ether oxygens (including phenoxy) is 1. The molecule has 2 N–H and O–H groups in total. The third-order valence-corrected chi connectivity index (χ3v) is 4.38. The van der Waals surface area contributed by atoms with Crippen LogP contribution < -0.4 is 10.6 Å². The predicted octanol–water partition coefficient (Wildman–Crippen LogP) is 2.74. The SMILES string of the molecule is COC(=O)[C@H](Cc1c(Cl)cccc1Cl)NC(=O)[C@H](CC(C)C)NC(C)=O. The van der Waals surface area contributed by atoms with Crippen LogP contribution in [-0.4, -0.2) is 37.0 Å². The van der Waals surface area contributed by atoms with Gasteiger partial charge in [-0.3, -0.25) is 9.59 Å². The van der Waals surface area contributed by atoms with E-state index in [4.69, 9.17) is 27.9 Å². The molecule has 0 saturated heterocycles. The third-order valence-electron chi connectivity index (χ3n) is 3.67. The fourth-order valence-corrected chi connectivity index (χ4v) is 3.04. The van der Waals surface area contributed by atoms with Crippen LogP contribution in [0.4, 0.5) is 0 Å². The first-order valence-electron chi connectivity index (χ1n) is 8.23. The fourth-order valence-electron chi connectivity index (χ4n) is 2.49. The lowest BCUT2D eigenvalue weighted by molar-refractivity contribution is -0.145. The molecule has 6 nitrogen and oxygen atoms in total. The van der Waals surface area contributed by atoms with Crippen LogP contribution in [0, 0.1) is 5.92 Å². The second-order valence-electron chi connectivity index (χ2n) is 6.37. The van der Waals surface area contributed by atoms with E-state index in [0.29, 0.717) is 22.0 Å². The molecule has 0 unspecified atom stereocenters. The maximum absolute atomic E-state index is 12.6. The summed E-state index contributed by atoms with van der Waals surface area (Å²) in [5, 5.41) is 6.02. The highest BCUT2D eigenvalue weighted by Crippen LogP contribution is 2.25. The highest BCUT2D eigenvalue weighted by Gasteiger charge is 2.28. The van der Waals surface area contributed by atoms with Crippen LogP contribution in [0.3, 0.4) is 0 Å². The van der Waals surface area contributed by atoms with Crippen molar-refractivity contribution in [2.45, 2.75) is 45.7 Å². The number of amides is 2. The van der Waals surface area contributed by atoms with Gasteiger partial charge in [-0.05, 0) is 30.0 Å². The van der Waals surface area contributed by atoms with Gasteiger partial charge in [-0.1, -0.05) is 43.1 Å². The minimum atomic E-state index is -0.978. The monoisotopic (exact) mass is 402 g/mol. The molecule has 26 heavy (non-hydrogen) atoms. The van der Waals surface area contributed by atoms with Crippen LogP contribution in [0.25, 0.3) is 0 Å². The van der Waals surface area contributed by atoms with Crippen molar-refractivity contribution in [3.63, 3.8) is 0 Å². The van der Waals surface area contributed by atoms with Gasteiger partial charge in [0.15, 0.2) is 0 Å². The maximum atomic E-state index is 12.6. The van der Waals surface area contributed by atoms with Crippen molar-refractivity contribution in [1.82, 2.24) is 10.6 Å². The van der Waals surface area contributed by atoms with E-state index in [9.17, 15) is 14.4 Å².